The molecule has 0 aliphatic carbocycles. The minimum absolute atomic E-state index is 0.605. The van der Waals surface area contributed by atoms with Gasteiger partial charge in [-0.15, -0.1) is 11.3 Å². The average Bonchev–Trinajstić information content (AvgIpc) is 3.22. The molecule has 3 heterocycles. The summed E-state index contributed by atoms with van der Waals surface area (Å²) >= 11 is 1.54. The number of nitrogens with zero attached hydrogens (tertiary/aromatic N) is 4. The molecule has 0 aliphatic heterocycles. The Morgan fingerprint density at radius 3 is 2.80 bits per heavy atom. The molecular formula is C18H17N5OS. The lowest BCUT2D eigenvalue weighted by molar-refractivity contribution is 0.327. The van der Waals surface area contributed by atoms with E-state index in [0.717, 1.165) is 33.4 Å². The van der Waals surface area contributed by atoms with Crippen molar-refractivity contribution < 1.29 is 4.74 Å². The van der Waals surface area contributed by atoms with Crippen molar-refractivity contribution in [1.82, 2.24) is 19.5 Å². The van der Waals surface area contributed by atoms with Crippen molar-refractivity contribution in [2.75, 3.05) is 11.9 Å². The molecule has 0 fully saturated rings. The number of para-hydroxylation sites is 2. The van der Waals surface area contributed by atoms with Crippen molar-refractivity contribution in [2.24, 2.45) is 7.05 Å². The summed E-state index contributed by atoms with van der Waals surface area (Å²) in [5.41, 5.74) is 3.79. The molecule has 4 rings (SSSR count). The summed E-state index contributed by atoms with van der Waals surface area (Å²) in [6, 6.07) is 11.8. The SMILES string of the molecule is CCOc1ccc(Nc2nc(-c3nc4ccccc4n3C)cs2)cn1. The number of ether oxygens (including phenoxy) is 1. The van der Waals surface area contributed by atoms with Crippen LogP contribution in [-0.4, -0.2) is 26.1 Å². The average molecular weight is 351 g/mol. The molecule has 1 aromatic carbocycles. The van der Waals surface area contributed by atoms with Crippen LogP contribution in [0.5, 0.6) is 5.88 Å². The summed E-state index contributed by atoms with van der Waals surface area (Å²) in [6.07, 6.45) is 1.74. The zero-order valence-corrected chi connectivity index (χ0v) is 14.7. The minimum Gasteiger partial charge on any atom is -0.478 e. The van der Waals surface area contributed by atoms with Gasteiger partial charge in [0, 0.05) is 18.5 Å². The first-order valence-corrected chi connectivity index (χ1v) is 8.86. The summed E-state index contributed by atoms with van der Waals surface area (Å²) in [6.45, 7) is 2.54. The van der Waals surface area contributed by atoms with Crippen LogP contribution in [0.1, 0.15) is 6.92 Å². The van der Waals surface area contributed by atoms with Crippen LogP contribution in [0.25, 0.3) is 22.6 Å². The molecule has 25 heavy (non-hydrogen) atoms. The third kappa shape index (κ3) is 3.06. The number of benzene rings is 1. The molecule has 126 valence electrons. The number of aryl methyl sites for hydroxylation is 1. The molecule has 0 aliphatic rings. The summed E-state index contributed by atoms with van der Waals surface area (Å²) in [5.74, 6) is 1.47. The highest BCUT2D eigenvalue weighted by atomic mass is 32.1. The highest BCUT2D eigenvalue weighted by Gasteiger charge is 2.13. The van der Waals surface area contributed by atoms with Gasteiger partial charge < -0.3 is 14.6 Å². The third-order valence-corrected chi connectivity index (χ3v) is 4.56. The normalized spacial score (nSPS) is 11.0. The van der Waals surface area contributed by atoms with Crippen LogP contribution in [0.15, 0.2) is 48.0 Å². The van der Waals surface area contributed by atoms with Gasteiger partial charge in [0.2, 0.25) is 5.88 Å². The van der Waals surface area contributed by atoms with Crippen LogP contribution >= 0.6 is 11.3 Å². The zero-order valence-electron chi connectivity index (χ0n) is 13.9. The Morgan fingerprint density at radius 2 is 2.04 bits per heavy atom. The second-order valence-electron chi connectivity index (χ2n) is 5.46. The van der Waals surface area contributed by atoms with Crippen molar-refractivity contribution in [2.45, 2.75) is 6.92 Å². The lowest BCUT2D eigenvalue weighted by Crippen LogP contribution is -1.96. The van der Waals surface area contributed by atoms with Crippen LogP contribution in [-0.2, 0) is 7.05 Å². The number of thiazole rings is 1. The molecule has 4 aromatic rings. The molecule has 7 heteroatoms. The van der Waals surface area contributed by atoms with Crippen LogP contribution in [0.2, 0.25) is 0 Å². The van der Waals surface area contributed by atoms with Crippen LogP contribution in [0, 0.1) is 0 Å². The topological polar surface area (TPSA) is 64.9 Å². The monoisotopic (exact) mass is 351 g/mol. The maximum absolute atomic E-state index is 5.35. The van der Waals surface area contributed by atoms with Gasteiger partial charge in [-0.2, -0.15) is 0 Å². The van der Waals surface area contributed by atoms with Crippen LogP contribution in [0.4, 0.5) is 10.8 Å². The molecule has 0 amide bonds. The zero-order chi connectivity index (χ0) is 17.2. The van der Waals surface area contributed by atoms with E-state index < -0.39 is 0 Å². The molecule has 1 N–H and O–H groups in total. The lowest BCUT2D eigenvalue weighted by atomic mass is 10.3. The van der Waals surface area contributed by atoms with Crippen molar-refractivity contribution in [3.8, 4) is 17.4 Å². The van der Waals surface area contributed by atoms with Crippen molar-refractivity contribution in [3.63, 3.8) is 0 Å². The van der Waals surface area contributed by atoms with Crippen molar-refractivity contribution >= 4 is 33.2 Å². The Balaban J connectivity index is 1.58. The van der Waals surface area contributed by atoms with Crippen LogP contribution < -0.4 is 10.1 Å². The predicted octanol–water partition coefficient (Wildman–Crippen LogP) is 4.23. The first-order valence-electron chi connectivity index (χ1n) is 7.98. The van der Waals surface area contributed by atoms with E-state index in [1.54, 1.807) is 6.20 Å². The maximum Gasteiger partial charge on any atom is 0.213 e. The fraction of sp³-hybridized carbons (Fsp3) is 0.167. The van der Waals surface area contributed by atoms with Crippen molar-refractivity contribution in [1.29, 1.82) is 0 Å². The molecule has 0 spiro atoms. The highest BCUT2D eigenvalue weighted by molar-refractivity contribution is 7.14. The lowest BCUT2D eigenvalue weighted by Gasteiger charge is -2.04. The van der Waals surface area contributed by atoms with E-state index >= 15 is 0 Å². The number of pyridine rings is 1. The molecule has 0 bridgehead atoms. The Bertz CT molecular complexity index is 1010. The van der Waals surface area contributed by atoms with E-state index in [-0.39, 0.29) is 0 Å². The first-order chi connectivity index (χ1) is 12.2. The molecule has 0 radical (unpaired) electrons. The van der Waals surface area contributed by atoms with Gasteiger partial charge >= 0.3 is 0 Å². The Labute approximate surface area is 149 Å². The number of hydrogen-bond donors (Lipinski definition) is 1. The molecule has 0 saturated carbocycles. The van der Waals surface area contributed by atoms with E-state index in [1.807, 2.05) is 49.7 Å². The van der Waals surface area contributed by atoms with E-state index in [1.165, 1.54) is 11.3 Å². The number of anilines is 2. The third-order valence-electron chi connectivity index (χ3n) is 3.80. The number of imidazole rings is 1. The minimum atomic E-state index is 0.605. The standard InChI is InChI=1S/C18H17N5OS/c1-3-24-16-9-8-12(10-19-16)20-18-22-14(11-25-18)17-21-13-6-4-5-7-15(13)23(17)2/h4-11H,3H2,1-2H3,(H,20,22). The van der Waals surface area contributed by atoms with Gasteiger partial charge in [0.25, 0.3) is 0 Å². The van der Waals surface area contributed by atoms with Crippen LogP contribution in [0.3, 0.4) is 0 Å². The molecule has 3 aromatic heterocycles. The van der Waals surface area contributed by atoms with E-state index in [2.05, 4.69) is 30.9 Å². The van der Waals surface area contributed by atoms with Gasteiger partial charge in [-0.3, -0.25) is 0 Å². The maximum atomic E-state index is 5.35. The smallest absolute Gasteiger partial charge is 0.213 e. The van der Waals surface area contributed by atoms with Gasteiger partial charge in [0.05, 0.1) is 29.5 Å². The van der Waals surface area contributed by atoms with E-state index in [4.69, 9.17) is 4.74 Å². The van der Waals surface area contributed by atoms with Crippen molar-refractivity contribution in [3.05, 3.63) is 48.0 Å². The van der Waals surface area contributed by atoms with Gasteiger partial charge in [-0.1, -0.05) is 12.1 Å². The molecule has 0 unspecified atom stereocenters. The number of nitrogens with one attached hydrogen (secondary N) is 1. The quantitative estimate of drug-likeness (QED) is 0.583. The Kier molecular flexibility index (Phi) is 4.07. The second kappa shape index (κ2) is 6.52. The number of fused-ring (bicyclic) bond motifs is 1. The molecule has 0 saturated heterocycles. The Hall–Kier alpha value is -2.93. The van der Waals surface area contributed by atoms with E-state index in [0.29, 0.717) is 12.5 Å². The number of hydrogen-bond acceptors (Lipinski definition) is 6. The summed E-state index contributed by atoms with van der Waals surface area (Å²) < 4.78 is 7.41. The molecular weight excluding hydrogens is 334 g/mol. The van der Waals surface area contributed by atoms with Gasteiger partial charge in [-0.25, -0.2) is 15.0 Å². The number of aromatic nitrogens is 4. The first kappa shape index (κ1) is 15.6. The highest BCUT2D eigenvalue weighted by Crippen LogP contribution is 2.28. The van der Waals surface area contributed by atoms with Gasteiger partial charge in [-0.05, 0) is 25.1 Å². The number of rotatable bonds is 5. The summed E-state index contributed by atoms with van der Waals surface area (Å²) in [5, 5.41) is 6.07. The fourth-order valence-corrected chi connectivity index (χ4v) is 3.33. The van der Waals surface area contributed by atoms with Gasteiger partial charge in [0.1, 0.15) is 5.69 Å². The fourth-order valence-electron chi connectivity index (χ4n) is 2.62. The molecule has 6 nitrogen and oxygen atoms in total. The van der Waals surface area contributed by atoms with Gasteiger partial charge in [0.15, 0.2) is 11.0 Å². The summed E-state index contributed by atoms with van der Waals surface area (Å²) in [4.78, 5) is 13.6. The Morgan fingerprint density at radius 1 is 1.16 bits per heavy atom. The largest absolute Gasteiger partial charge is 0.478 e. The predicted molar refractivity (Wildman–Crippen MR) is 101 cm³/mol. The molecule has 0 atom stereocenters. The van der Waals surface area contributed by atoms with E-state index in [9.17, 15) is 0 Å². The second-order valence-corrected chi connectivity index (χ2v) is 6.32. The summed E-state index contributed by atoms with van der Waals surface area (Å²) in [7, 11) is 2.01.